The maximum absolute atomic E-state index is 12.8. The largest absolute Gasteiger partial charge is 0.372 e. The van der Waals surface area contributed by atoms with Crippen molar-refractivity contribution in [2.24, 2.45) is 5.92 Å². The summed E-state index contributed by atoms with van der Waals surface area (Å²) in [5, 5.41) is 6.58. The van der Waals surface area contributed by atoms with Crippen molar-refractivity contribution in [3.05, 3.63) is 35.4 Å². The van der Waals surface area contributed by atoms with Crippen LogP contribution in [-0.4, -0.2) is 54.1 Å². The predicted octanol–water partition coefficient (Wildman–Crippen LogP) is 2.89. The lowest BCUT2D eigenvalue weighted by molar-refractivity contribution is -0.123. The first-order valence-electron chi connectivity index (χ1n) is 11.1. The molecule has 1 aromatic rings. The van der Waals surface area contributed by atoms with Crippen molar-refractivity contribution < 1.29 is 14.3 Å². The minimum absolute atomic E-state index is 0. The van der Waals surface area contributed by atoms with Crippen LogP contribution in [0.3, 0.4) is 0 Å². The number of carbonyl (C=O) groups is 2. The number of carbonyl (C=O) groups excluding carboxylic acids is 2. The lowest BCUT2D eigenvalue weighted by Gasteiger charge is -2.35. The molecule has 166 valence electrons. The molecule has 5 unspecified atom stereocenters. The number of amides is 2. The van der Waals surface area contributed by atoms with Crippen LogP contribution in [0.2, 0.25) is 0 Å². The van der Waals surface area contributed by atoms with Gasteiger partial charge in [0, 0.05) is 31.2 Å². The molecule has 1 aromatic carbocycles. The van der Waals surface area contributed by atoms with E-state index < -0.39 is 0 Å². The second-order valence-electron chi connectivity index (χ2n) is 8.99. The highest BCUT2D eigenvalue weighted by Gasteiger charge is 2.38. The van der Waals surface area contributed by atoms with Crippen molar-refractivity contribution in [1.29, 1.82) is 0 Å². The van der Waals surface area contributed by atoms with E-state index in [2.05, 4.69) is 10.6 Å². The molecule has 0 bridgehead atoms. The van der Waals surface area contributed by atoms with Crippen molar-refractivity contribution in [3.8, 4) is 0 Å². The summed E-state index contributed by atoms with van der Waals surface area (Å²) < 4.78 is 5.71. The van der Waals surface area contributed by atoms with Crippen LogP contribution in [-0.2, 0) is 16.1 Å². The molecule has 2 heterocycles. The maximum Gasteiger partial charge on any atom is 0.254 e. The first-order chi connectivity index (χ1) is 14.0. The average Bonchev–Trinajstić information content (AvgIpc) is 3.15. The number of fused-ring (bicyclic) bond motifs is 1. The summed E-state index contributed by atoms with van der Waals surface area (Å²) in [5.74, 6) is 0.798. The summed E-state index contributed by atoms with van der Waals surface area (Å²) in [6.07, 6.45) is 6.10. The van der Waals surface area contributed by atoms with E-state index in [0.29, 0.717) is 37.2 Å². The second-order valence-corrected chi connectivity index (χ2v) is 8.99. The maximum atomic E-state index is 12.8. The molecule has 4 rings (SSSR count). The van der Waals surface area contributed by atoms with Gasteiger partial charge in [0.2, 0.25) is 5.91 Å². The second kappa shape index (κ2) is 10.1. The van der Waals surface area contributed by atoms with Crippen LogP contribution >= 0.6 is 12.4 Å². The molecule has 3 fully saturated rings. The zero-order valence-corrected chi connectivity index (χ0v) is 18.7. The first-order valence-corrected chi connectivity index (χ1v) is 11.1. The molecule has 7 heteroatoms. The van der Waals surface area contributed by atoms with Gasteiger partial charge in [0.1, 0.15) is 0 Å². The molecule has 3 aliphatic rings. The van der Waals surface area contributed by atoms with Gasteiger partial charge in [0.25, 0.3) is 5.91 Å². The van der Waals surface area contributed by atoms with E-state index in [-0.39, 0.29) is 42.5 Å². The van der Waals surface area contributed by atoms with Gasteiger partial charge in [-0.15, -0.1) is 12.4 Å². The van der Waals surface area contributed by atoms with Crippen LogP contribution in [0.5, 0.6) is 0 Å². The summed E-state index contributed by atoms with van der Waals surface area (Å²) >= 11 is 0. The third kappa shape index (κ3) is 5.34. The molecular formula is C23H34ClN3O3. The molecule has 30 heavy (non-hydrogen) atoms. The summed E-state index contributed by atoms with van der Waals surface area (Å²) in [6, 6.07) is 8.05. The van der Waals surface area contributed by atoms with Gasteiger partial charge in [0.05, 0.1) is 18.2 Å². The molecule has 0 aromatic heterocycles. The fourth-order valence-corrected chi connectivity index (χ4v) is 5.12. The number of morpholine rings is 1. The minimum Gasteiger partial charge on any atom is -0.372 e. The smallest absolute Gasteiger partial charge is 0.254 e. The average molecular weight is 436 g/mol. The molecular weight excluding hydrogens is 402 g/mol. The standard InChI is InChI=1S/C23H33N3O3.ClH/c1-15-13-26(14-16(2)29-15)23(28)18-9-7-17(8-10-18)12-24-22(27)21-11-19-5-3-4-6-20(19)25-21;/h7-10,15-16,19-21,25H,3-6,11-14H2,1-2H3,(H,24,27);1H. The Bertz CT molecular complexity index is 718. The summed E-state index contributed by atoms with van der Waals surface area (Å²) in [4.78, 5) is 27.2. The van der Waals surface area contributed by atoms with E-state index in [4.69, 9.17) is 4.74 Å². The Balaban J connectivity index is 0.00000256. The quantitative estimate of drug-likeness (QED) is 0.762. The summed E-state index contributed by atoms with van der Waals surface area (Å²) in [7, 11) is 0. The van der Waals surface area contributed by atoms with Gasteiger partial charge in [-0.3, -0.25) is 9.59 Å². The van der Waals surface area contributed by atoms with Gasteiger partial charge < -0.3 is 20.3 Å². The normalized spacial score (nSPS) is 30.9. The van der Waals surface area contributed by atoms with E-state index in [1.807, 2.05) is 43.0 Å². The highest BCUT2D eigenvalue weighted by Crippen LogP contribution is 2.33. The van der Waals surface area contributed by atoms with Crippen molar-refractivity contribution in [2.75, 3.05) is 13.1 Å². The molecule has 0 radical (unpaired) electrons. The van der Waals surface area contributed by atoms with Gasteiger partial charge in [-0.1, -0.05) is 25.0 Å². The third-order valence-electron chi connectivity index (χ3n) is 6.55. The third-order valence-corrected chi connectivity index (χ3v) is 6.55. The van der Waals surface area contributed by atoms with Gasteiger partial charge in [-0.05, 0) is 56.7 Å². The molecule has 1 aliphatic carbocycles. The molecule has 6 nitrogen and oxygen atoms in total. The van der Waals surface area contributed by atoms with E-state index in [0.717, 1.165) is 12.0 Å². The van der Waals surface area contributed by atoms with E-state index in [1.165, 1.54) is 25.7 Å². The van der Waals surface area contributed by atoms with Crippen LogP contribution in [0.25, 0.3) is 0 Å². The Kier molecular flexibility index (Phi) is 7.77. The number of nitrogens with one attached hydrogen (secondary N) is 2. The van der Waals surface area contributed by atoms with Gasteiger partial charge >= 0.3 is 0 Å². The SMILES string of the molecule is CC1CN(C(=O)c2ccc(CNC(=O)C3CC4CCCCC4N3)cc2)CC(C)O1.Cl. The Morgan fingerprint density at radius 1 is 1.10 bits per heavy atom. The number of halogens is 1. The van der Waals surface area contributed by atoms with Crippen molar-refractivity contribution in [3.63, 3.8) is 0 Å². The molecule has 0 spiro atoms. The van der Waals surface area contributed by atoms with Crippen LogP contribution < -0.4 is 10.6 Å². The Labute approximate surface area is 185 Å². The Morgan fingerprint density at radius 2 is 1.77 bits per heavy atom. The highest BCUT2D eigenvalue weighted by atomic mass is 35.5. The molecule has 5 atom stereocenters. The molecule has 2 amide bonds. The van der Waals surface area contributed by atoms with Crippen molar-refractivity contribution in [1.82, 2.24) is 15.5 Å². The topological polar surface area (TPSA) is 70.7 Å². The monoisotopic (exact) mass is 435 g/mol. The number of hydrogen-bond donors (Lipinski definition) is 2. The van der Waals surface area contributed by atoms with Gasteiger partial charge in [-0.2, -0.15) is 0 Å². The van der Waals surface area contributed by atoms with Crippen LogP contribution in [0.4, 0.5) is 0 Å². The molecule has 2 N–H and O–H groups in total. The minimum atomic E-state index is -0.0609. The zero-order chi connectivity index (χ0) is 20.4. The van der Waals surface area contributed by atoms with Gasteiger partial charge in [0.15, 0.2) is 0 Å². The number of hydrogen-bond acceptors (Lipinski definition) is 4. The van der Waals surface area contributed by atoms with Crippen LogP contribution in [0.15, 0.2) is 24.3 Å². The summed E-state index contributed by atoms with van der Waals surface area (Å²) in [6.45, 7) is 5.73. The number of nitrogens with zero attached hydrogens (tertiary/aromatic N) is 1. The van der Waals surface area contributed by atoms with E-state index >= 15 is 0 Å². The van der Waals surface area contributed by atoms with E-state index in [9.17, 15) is 9.59 Å². The summed E-state index contributed by atoms with van der Waals surface area (Å²) in [5.41, 5.74) is 1.69. The molecule has 2 saturated heterocycles. The Hall–Kier alpha value is -1.63. The first kappa shape index (κ1) is 23.0. The highest BCUT2D eigenvalue weighted by molar-refractivity contribution is 5.94. The van der Waals surface area contributed by atoms with Crippen molar-refractivity contribution in [2.45, 2.75) is 76.8 Å². The molecule has 2 aliphatic heterocycles. The number of ether oxygens (including phenoxy) is 1. The zero-order valence-electron chi connectivity index (χ0n) is 17.9. The number of rotatable bonds is 4. The van der Waals surface area contributed by atoms with E-state index in [1.54, 1.807) is 0 Å². The number of benzene rings is 1. The lowest BCUT2D eigenvalue weighted by atomic mass is 9.85. The fourth-order valence-electron chi connectivity index (χ4n) is 5.12. The lowest BCUT2D eigenvalue weighted by Crippen LogP contribution is -2.48. The van der Waals surface area contributed by atoms with Crippen LogP contribution in [0, 0.1) is 5.92 Å². The van der Waals surface area contributed by atoms with Crippen LogP contribution in [0.1, 0.15) is 61.9 Å². The fraction of sp³-hybridized carbons (Fsp3) is 0.652. The molecule has 1 saturated carbocycles. The Morgan fingerprint density at radius 3 is 2.43 bits per heavy atom. The van der Waals surface area contributed by atoms with Gasteiger partial charge in [-0.25, -0.2) is 0 Å². The van der Waals surface area contributed by atoms with Crippen molar-refractivity contribution >= 4 is 24.2 Å². The predicted molar refractivity (Wildman–Crippen MR) is 119 cm³/mol.